The Hall–Kier alpha value is -0.950. The van der Waals surface area contributed by atoms with E-state index in [1.165, 1.54) is 40.7 Å². The Balaban J connectivity index is 1.90. The molecule has 0 heterocycles. The van der Waals surface area contributed by atoms with Crippen molar-refractivity contribution in [3.8, 4) is 0 Å². The smallest absolute Gasteiger partial charge is 0.00783 e. The molecule has 0 unspecified atom stereocenters. The topological polar surface area (TPSA) is 0 Å². The average molecular weight is 243 g/mol. The van der Waals surface area contributed by atoms with E-state index >= 15 is 0 Å². The van der Waals surface area contributed by atoms with Crippen LogP contribution in [0.25, 0.3) is 10.8 Å². The van der Waals surface area contributed by atoms with Gasteiger partial charge in [-0.2, -0.15) is 0 Å². The number of benzene rings is 2. The van der Waals surface area contributed by atoms with Crippen molar-refractivity contribution in [3.63, 3.8) is 0 Å². The Kier molecular flexibility index (Phi) is 4.93. The highest BCUT2D eigenvalue weighted by Gasteiger charge is 1.97. The molecule has 0 aliphatic carbocycles. The van der Waals surface area contributed by atoms with E-state index in [1.807, 2.05) is 11.8 Å². The molecule has 0 amide bonds. The van der Waals surface area contributed by atoms with Crippen molar-refractivity contribution >= 4 is 22.5 Å². The van der Waals surface area contributed by atoms with Crippen LogP contribution >= 0.6 is 11.8 Å². The van der Waals surface area contributed by atoms with Gasteiger partial charge in [0.2, 0.25) is 0 Å². The third-order valence-electron chi connectivity index (χ3n) is 2.88. The molecule has 89 valence electrons. The van der Waals surface area contributed by atoms with E-state index in [2.05, 4.69) is 49.4 Å². The molecule has 0 aromatic heterocycles. The van der Waals surface area contributed by atoms with Gasteiger partial charge in [-0.05, 0) is 35.1 Å². The zero-order valence-corrected chi connectivity index (χ0v) is 11.0. The molecule has 0 fully saturated rings. The maximum atomic E-state index is 3.87. The van der Waals surface area contributed by atoms with Crippen molar-refractivity contribution in [1.82, 2.24) is 0 Å². The van der Waals surface area contributed by atoms with E-state index in [0.29, 0.717) is 0 Å². The lowest BCUT2D eigenvalue weighted by Gasteiger charge is -2.03. The summed E-state index contributed by atoms with van der Waals surface area (Å²) >= 11 is 1.97. The van der Waals surface area contributed by atoms with Crippen LogP contribution in [0.15, 0.2) is 47.4 Å². The third kappa shape index (κ3) is 3.78. The molecule has 0 atom stereocenters. The molecule has 2 rings (SSSR count). The minimum Gasteiger partial charge on any atom is -0.126 e. The van der Waals surface area contributed by atoms with Gasteiger partial charge in [-0.3, -0.25) is 0 Å². The summed E-state index contributed by atoms with van der Waals surface area (Å²) in [5, 5.41) is 2.67. The van der Waals surface area contributed by atoms with Gasteiger partial charge < -0.3 is 0 Å². The van der Waals surface area contributed by atoms with Crippen molar-refractivity contribution in [2.45, 2.75) is 30.6 Å². The summed E-state index contributed by atoms with van der Waals surface area (Å²) in [6.45, 7) is 3.87. The second-order valence-electron chi connectivity index (χ2n) is 4.27. The largest absolute Gasteiger partial charge is 0.126 e. The predicted octanol–water partition coefficient (Wildman–Crippen LogP) is 5.33. The van der Waals surface area contributed by atoms with Gasteiger partial charge in [0.25, 0.3) is 0 Å². The molecule has 0 N–H and O–H groups in total. The first kappa shape index (κ1) is 12.5. The minimum absolute atomic E-state index is 1.07. The van der Waals surface area contributed by atoms with E-state index in [9.17, 15) is 0 Å². The summed E-state index contributed by atoms with van der Waals surface area (Å²) in [4.78, 5) is 1.39. The normalized spacial score (nSPS) is 10.9. The SMILES string of the molecule is [CH2]CCCCCSc1ccc2ccccc2c1. The molecule has 0 saturated carbocycles. The fourth-order valence-corrected chi connectivity index (χ4v) is 2.86. The van der Waals surface area contributed by atoms with Crippen LogP contribution in [-0.4, -0.2) is 5.75 Å². The first-order valence-corrected chi connectivity index (χ1v) is 7.29. The van der Waals surface area contributed by atoms with E-state index < -0.39 is 0 Å². The number of hydrogen-bond donors (Lipinski definition) is 0. The third-order valence-corrected chi connectivity index (χ3v) is 3.96. The van der Waals surface area contributed by atoms with Gasteiger partial charge in [0.15, 0.2) is 0 Å². The maximum absolute atomic E-state index is 3.87. The van der Waals surface area contributed by atoms with Gasteiger partial charge in [0.1, 0.15) is 0 Å². The molecule has 17 heavy (non-hydrogen) atoms. The maximum Gasteiger partial charge on any atom is 0.00783 e. The van der Waals surface area contributed by atoms with Crippen molar-refractivity contribution in [1.29, 1.82) is 0 Å². The molecular weight excluding hydrogens is 224 g/mol. The monoisotopic (exact) mass is 243 g/mol. The summed E-state index contributed by atoms with van der Waals surface area (Å²) < 4.78 is 0. The van der Waals surface area contributed by atoms with Crippen LogP contribution in [0, 0.1) is 6.92 Å². The van der Waals surface area contributed by atoms with Crippen molar-refractivity contribution < 1.29 is 0 Å². The summed E-state index contributed by atoms with van der Waals surface area (Å²) in [5.41, 5.74) is 0. The number of unbranched alkanes of at least 4 members (excludes halogenated alkanes) is 3. The Labute approximate surface area is 108 Å². The molecule has 0 aliphatic heterocycles. The van der Waals surface area contributed by atoms with Crippen LogP contribution in [0.2, 0.25) is 0 Å². The number of hydrogen-bond acceptors (Lipinski definition) is 1. The quantitative estimate of drug-likeness (QED) is 0.488. The fraction of sp³-hybridized carbons (Fsp3) is 0.312. The highest BCUT2D eigenvalue weighted by atomic mass is 32.2. The molecule has 0 nitrogen and oxygen atoms in total. The van der Waals surface area contributed by atoms with Crippen molar-refractivity contribution in [2.24, 2.45) is 0 Å². The lowest BCUT2D eigenvalue weighted by atomic mass is 10.1. The lowest BCUT2D eigenvalue weighted by molar-refractivity contribution is 0.733. The molecule has 0 aliphatic rings. The zero-order chi connectivity index (χ0) is 11.9. The fourth-order valence-electron chi connectivity index (χ4n) is 1.90. The van der Waals surface area contributed by atoms with Crippen LogP contribution in [0.4, 0.5) is 0 Å². The van der Waals surface area contributed by atoms with Gasteiger partial charge in [0.05, 0.1) is 0 Å². The van der Waals surface area contributed by atoms with Gasteiger partial charge in [-0.1, -0.05) is 56.5 Å². The second-order valence-corrected chi connectivity index (χ2v) is 5.44. The van der Waals surface area contributed by atoms with Gasteiger partial charge in [0, 0.05) is 4.90 Å². The first-order valence-electron chi connectivity index (χ1n) is 6.31. The predicted molar refractivity (Wildman–Crippen MR) is 78.5 cm³/mol. The number of rotatable bonds is 6. The molecule has 2 aromatic carbocycles. The molecule has 1 heteroatoms. The second kappa shape index (κ2) is 6.70. The van der Waals surface area contributed by atoms with Crippen LogP contribution in [0.3, 0.4) is 0 Å². The first-order chi connectivity index (χ1) is 8.40. The Morgan fingerprint density at radius 3 is 2.53 bits per heavy atom. The van der Waals surface area contributed by atoms with Crippen LogP contribution in [-0.2, 0) is 0 Å². The molecule has 0 spiro atoms. The summed E-state index contributed by atoms with van der Waals surface area (Å²) in [6, 6.07) is 15.3. The molecule has 0 saturated heterocycles. The summed E-state index contributed by atoms with van der Waals surface area (Å²) in [6.07, 6.45) is 4.94. The van der Waals surface area contributed by atoms with Crippen molar-refractivity contribution in [3.05, 3.63) is 49.4 Å². The number of fused-ring (bicyclic) bond motifs is 1. The highest BCUT2D eigenvalue weighted by Crippen LogP contribution is 2.24. The molecule has 0 bridgehead atoms. The highest BCUT2D eigenvalue weighted by molar-refractivity contribution is 7.99. The number of thioether (sulfide) groups is 1. The van der Waals surface area contributed by atoms with Crippen LogP contribution < -0.4 is 0 Å². The Bertz CT molecular complexity index is 462. The van der Waals surface area contributed by atoms with Gasteiger partial charge in [-0.15, -0.1) is 11.8 Å². The van der Waals surface area contributed by atoms with Gasteiger partial charge in [-0.25, -0.2) is 0 Å². The summed E-state index contributed by atoms with van der Waals surface area (Å²) in [7, 11) is 0. The average Bonchev–Trinajstić information content (AvgIpc) is 2.38. The van der Waals surface area contributed by atoms with Crippen LogP contribution in [0.1, 0.15) is 25.7 Å². The van der Waals surface area contributed by atoms with E-state index in [1.54, 1.807) is 0 Å². The van der Waals surface area contributed by atoms with E-state index in [4.69, 9.17) is 0 Å². The standard InChI is InChI=1S/C16H19S/c1-2-3-4-7-12-17-16-11-10-14-8-5-6-9-15(14)13-16/h5-6,8-11,13H,1-4,7,12H2. The van der Waals surface area contributed by atoms with Gasteiger partial charge >= 0.3 is 0 Å². The molecular formula is C16H19S. The molecule has 1 radical (unpaired) electrons. The lowest BCUT2D eigenvalue weighted by Crippen LogP contribution is -1.81. The van der Waals surface area contributed by atoms with E-state index in [0.717, 1.165) is 6.42 Å². The Morgan fingerprint density at radius 2 is 1.71 bits per heavy atom. The summed E-state index contributed by atoms with van der Waals surface area (Å²) in [5.74, 6) is 1.22. The zero-order valence-electron chi connectivity index (χ0n) is 10.2. The van der Waals surface area contributed by atoms with E-state index in [-0.39, 0.29) is 0 Å². The molecule has 2 aromatic rings. The van der Waals surface area contributed by atoms with Crippen LogP contribution in [0.5, 0.6) is 0 Å². The Morgan fingerprint density at radius 1 is 0.882 bits per heavy atom. The minimum atomic E-state index is 1.07. The van der Waals surface area contributed by atoms with Crippen molar-refractivity contribution in [2.75, 3.05) is 5.75 Å².